The summed E-state index contributed by atoms with van der Waals surface area (Å²) in [6.07, 6.45) is -7.11. The standard InChI is InChI=1S/C21H23F3N4O6/c1-20(18(32-2)33-3)17(29)16(14-10-13(28(30)31)7-8-15(14)34-20)27-19(25)26-12-6-4-5-11(9-12)21(22,23)24/h4-10,16-18,29H,1-3H3,(H3,25,26,27). The van der Waals surface area contributed by atoms with Crippen molar-refractivity contribution in [2.75, 3.05) is 19.5 Å². The number of aliphatic hydroxyl groups excluding tert-OH is 1. The van der Waals surface area contributed by atoms with Crippen LogP contribution in [0.15, 0.2) is 47.5 Å². The third kappa shape index (κ3) is 4.90. The lowest BCUT2D eigenvalue weighted by Gasteiger charge is -2.45. The maximum absolute atomic E-state index is 13.0. The molecule has 2 aromatic carbocycles. The van der Waals surface area contributed by atoms with Crippen LogP contribution in [0.1, 0.15) is 24.1 Å². The third-order valence-electron chi connectivity index (χ3n) is 5.38. The van der Waals surface area contributed by atoms with Crippen molar-refractivity contribution in [3.05, 3.63) is 63.7 Å². The lowest BCUT2D eigenvalue weighted by atomic mass is 9.84. The maximum atomic E-state index is 13.0. The van der Waals surface area contributed by atoms with Crippen molar-refractivity contribution in [1.29, 1.82) is 0 Å². The van der Waals surface area contributed by atoms with Crippen molar-refractivity contribution in [3.8, 4) is 5.75 Å². The average Bonchev–Trinajstić information content (AvgIpc) is 2.77. The third-order valence-corrected chi connectivity index (χ3v) is 5.38. The molecule has 0 radical (unpaired) electrons. The molecule has 3 rings (SSSR count). The summed E-state index contributed by atoms with van der Waals surface area (Å²) < 4.78 is 55.5. The summed E-state index contributed by atoms with van der Waals surface area (Å²) in [5.74, 6) is -0.172. The zero-order valence-corrected chi connectivity index (χ0v) is 18.4. The Kier molecular flexibility index (Phi) is 7.00. The van der Waals surface area contributed by atoms with Gasteiger partial charge in [-0.3, -0.25) is 10.1 Å². The number of ether oxygens (including phenoxy) is 3. The van der Waals surface area contributed by atoms with Crippen LogP contribution in [0.4, 0.5) is 24.5 Å². The van der Waals surface area contributed by atoms with Gasteiger partial charge in [0, 0.05) is 37.6 Å². The normalized spacial score (nSPS) is 22.8. The molecule has 1 aliphatic rings. The van der Waals surface area contributed by atoms with Crippen molar-refractivity contribution in [2.24, 2.45) is 10.7 Å². The minimum Gasteiger partial charge on any atom is -0.479 e. The zero-order valence-electron chi connectivity index (χ0n) is 18.4. The quantitative estimate of drug-likeness (QED) is 0.187. The monoisotopic (exact) mass is 484 g/mol. The molecular weight excluding hydrogens is 461 g/mol. The minimum atomic E-state index is -4.56. The molecule has 1 aliphatic heterocycles. The smallest absolute Gasteiger partial charge is 0.416 e. The summed E-state index contributed by atoms with van der Waals surface area (Å²) in [5, 5.41) is 25.0. The Morgan fingerprint density at radius 3 is 2.56 bits per heavy atom. The number of nitro benzene ring substituents is 1. The Hall–Kier alpha value is -3.42. The number of anilines is 1. The lowest BCUT2D eigenvalue weighted by molar-refractivity contribution is -0.385. The van der Waals surface area contributed by atoms with Gasteiger partial charge in [0.25, 0.3) is 5.69 Å². The number of aliphatic imine (C=N–C) groups is 1. The number of methoxy groups -OCH3 is 2. The van der Waals surface area contributed by atoms with Gasteiger partial charge in [-0.05, 0) is 31.2 Å². The average molecular weight is 484 g/mol. The Morgan fingerprint density at radius 2 is 1.97 bits per heavy atom. The summed E-state index contributed by atoms with van der Waals surface area (Å²) in [6.45, 7) is 1.50. The number of nitro groups is 1. The molecule has 10 nitrogen and oxygen atoms in total. The molecule has 0 aromatic heterocycles. The molecule has 1 heterocycles. The van der Waals surface area contributed by atoms with Crippen molar-refractivity contribution in [1.82, 2.24) is 0 Å². The summed E-state index contributed by atoms with van der Waals surface area (Å²) in [7, 11) is 2.67. The molecule has 3 atom stereocenters. The van der Waals surface area contributed by atoms with Gasteiger partial charge in [-0.2, -0.15) is 13.2 Å². The summed E-state index contributed by atoms with van der Waals surface area (Å²) in [6, 6.07) is 6.83. The largest absolute Gasteiger partial charge is 0.479 e. The van der Waals surface area contributed by atoms with Crippen LogP contribution >= 0.6 is 0 Å². The summed E-state index contributed by atoms with van der Waals surface area (Å²) >= 11 is 0. The van der Waals surface area contributed by atoms with Crippen LogP contribution in [0, 0.1) is 10.1 Å². The van der Waals surface area contributed by atoms with E-state index >= 15 is 0 Å². The van der Waals surface area contributed by atoms with Crippen molar-refractivity contribution >= 4 is 17.3 Å². The zero-order chi connectivity index (χ0) is 25.3. The van der Waals surface area contributed by atoms with Gasteiger partial charge in [0.05, 0.1) is 10.5 Å². The number of alkyl halides is 3. The van der Waals surface area contributed by atoms with Crippen LogP contribution in [-0.4, -0.2) is 48.2 Å². The SMILES string of the molecule is COC(OC)C1(C)Oc2ccc([N+](=O)[O-])cc2C(N=C(N)Nc2cccc(C(F)(F)F)c2)C1O. The topological polar surface area (TPSA) is 141 Å². The number of nitrogens with zero attached hydrogens (tertiary/aromatic N) is 2. The number of halogens is 3. The van der Waals surface area contributed by atoms with Crippen LogP contribution < -0.4 is 15.8 Å². The van der Waals surface area contributed by atoms with Crippen LogP contribution in [0.3, 0.4) is 0 Å². The molecule has 0 fully saturated rings. The molecule has 0 saturated heterocycles. The second kappa shape index (κ2) is 9.44. The number of benzene rings is 2. The molecule has 0 saturated carbocycles. The molecule has 184 valence electrons. The molecule has 4 N–H and O–H groups in total. The Morgan fingerprint density at radius 1 is 1.29 bits per heavy atom. The molecule has 2 aromatic rings. The Bertz CT molecular complexity index is 1090. The van der Waals surface area contributed by atoms with Gasteiger partial charge < -0.3 is 30.4 Å². The number of rotatable bonds is 6. The molecule has 3 unspecified atom stereocenters. The van der Waals surface area contributed by atoms with E-state index in [-0.39, 0.29) is 28.6 Å². The van der Waals surface area contributed by atoms with Crippen LogP contribution in [-0.2, 0) is 15.7 Å². The molecule has 0 aliphatic carbocycles. The van der Waals surface area contributed by atoms with E-state index < -0.39 is 40.7 Å². The number of hydrogen-bond donors (Lipinski definition) is 3. The summed E-state index contributed by atoms with van der Waals surface area (Å²) in [5.41, 5.74) is 3.42. The first kappa shape index (κ1) is 25.2. The number of guanidine groups is 1. The highest BCUT2D eigenvalue weighted by Crippen LogP contribution is 2.45. The van der Waals surface area contributed by atoms with Crippen molar-refractivity contribution in [2.45, 2.75) is 37.1 Å². The molecule has 13 heteroatoms. The molecular formula is C21H23F3N4O6. The highest BCUT2D eigenvalue weighted by atomic mass is 19.4. The van der Waals surface area contributed by atoms with Gasteiger partial charge in [0.15, 0.2) is 17.9 Å². The predicted octanol–water partition coefficient (Wildman–Crippen LogP) is 3.21. The Balaban J connectivity index is 2.04. The van der Waals surface area contributed by atoms with E-state index in [1.54, 1.807) is 0 Å². The van der Waals surface area contributed by atoms with E-state index in [1.807, 2.05) is 0 Å². The van der Waals surface area contributed by atoms with Gasteiger partial charge in [-0.15, -0.1) is 0 Å². The van der Waals surface area contributed by atoms with Gasteiger partial charge in [-0.1, -0.05) is 6.07 Å². The molecule has 0 bridgehead atoms. The number of nitrogens with one attached hydrogen (secondary N) is 1. The van der Waals surface area contributed by atoms with Crippen LogP contribution in [0.5, 0.6) is 5.75 Å². The molecule has 0 spiro atoms. The number of nitrogens with two attached hydrogens (primary N) is 1. The first-order valence-electron chi connectivity index (χ1n) is 9.89. The predicted molar refractivity (Wildman–Crippen MR) is 115 cm³/mol. The second-order valence-electron chi connectivity index (χ2n) is 7.68. The lowest BCUT2D eigenvalue weighted by Crippen LogP contribution is -2.59. The van der Waals surface area contributed by atoms with Gasteiger partial charge >= 0.3 is 6.18 Å². The van der Waals surface area contributed by atoms with E-state index in [1.165, 1.54) is 51.5 Å². The fourth-order valence-electron chi connectivity index (χ4n) is 3.75. The number of hydrogen-bond acceptors (Lipinski definition) is 7. The first-order valence-corrected chi connectivity index (χ1v) is 9.89. The fourth-order valence-corrected chi connectivity index (χ4v) is 3.75. The maximum Gasteiger partial charge on any atom is 0.416 e. The van der Waals surface area contributed by atoms with Gasteiger partial charge in [0.2, 0.25) is 0 Å². The molecule has 34 heavy (non-hydrogen) atoms. The number of aliphatic hydroxyl groups is 1. The van der Waals surface area contributed by atoms with E-state index in [0.29, 0.717) is 0 Å². The van der Waals surface area contributed by atoms with Crippen LogP contribution in [0.2, 0.25) is 0 Å². The first-order chi connectivity index (χ1) is 15.9. The van der Waals surface area contributed by atoms with Gasteiger partial charge in [-0.25, -0.2) is 4.99 Å². The number of fused-ring (bicyclic) bond motifs is 1. The van der Waals surface area contributed by atoms with Crippen molar-refractivity contribution < 1.29 is 37.4 Å². The van der Waals surface area contributed by atoms with Crippen LogP contribution in [0.25, 0.3) is 0 Å². The number of non-ortho nitro benzene ring substituents is 1. The van der Waals surface area contributed by atoms with E-state index in [9.17, 15) is 28.4 Å². The summed E-state index contributed by atoms with van der Waals surface area (Å²) in [4.78, 5) is 14.9. The van der Waals surface area contributed by atoms with Crippen molar-refractivity contribution in [3.63, 3.8) is 0 Å². The van der Waals surface area contributed by atoms with E-state index in [0.717, 1.165) is 12.1 Å². The second-order valence-corrected chi connectivity index (χ2v) is 7.68. The highest BCUT2D eigenvalue weighted by molar-refractivity contribution is 5.92. The van der Waals surface area contributed by atoms with E-state index in [2.05, 4.69) is 10.3 Å². The fraction of sp³-hybridized carbons (Fsp3) is 0.381. The van der Waals surface area contributed by atoms with E-state index in [4.69, 9.17) is 19.9 Å². The minimum absolute atomic E-state index is 0.00584. The highest BCUT2D eigenvalue weighted by Gasteiger charge is 2.52. The molecule has 0 amide bonds. The van der Waals surface area contributed by atoms with Gasteiger partial charge in [0.1, 0.15) is 17.9 Å². The Labute approximate surface area is 192 Å².